The number of nitrogens with one attached hydrogen (secondary N) is 19. The number of rotatable bonds is 54. The molecule has 3 aromatic heterocycles. The summed E-state index contributed by atoms with van der Waals surface area (Å²) in [6.45, 7) is 16.4. The number of carboxylic acid groups (broad SMARTS) is 2. The summed E-state index contributed by atoms with van der Waals surface area (Å²) >= 11 is 1.87. The number of carbonyl (C=O) groups is 17. The standard InChI is InChI=1S/C97H147N21O28S3/c1-55(2)41-69-87(128)104-50-79(121)107-68(21-22-80(122)123)88(129)110-70(42-56(3)4)92(133)116-82(57(5)6)96(137)112-72(44-61-48-103-67-18-12-10-16-64(61)67)90(131)114-76(53-149-148-52-75(113-86(127)65(98)46-81(124)125)93(134)106-58(7)85(126)108-71(43-60-47-102-66-17-11-9-15-63(60)66)89(130)111-73(91(132)109-69)45-62-49-99-54-105-62)94(135)117-83(59(8)119)95(136)101-24-26-140-28-30-142-32-34-144-36-38-146-40-39-145-37-35-143-33-31-141-29-27-139-25-23-100-78(120)20-14-13-19-77-84-74(51-147-77)115-97(138)118-84/h9-12,15-18,47-49,54-59,65,68-77,82-84,102-103,119H,13-14,19-46,50-53,98H2,1-8H3,(H,99,105)(H,100,120)(H,101,136)(H,104,128)(H,106,134)(H,107,121)(H,108,126)(H,109,132)(H,110,129)(H,111,130)(H,112,137)(H,113,127)(H,114,131)(H,116,133)(H,117,135)(H,122,123)(H,124,125)(H2,115,118,138)/t58-,59+,65-,68-,69-,70-,71-,72-,73-,74-,75-,76-,77-,82-,83-,84-/m0/s1. The SMILES string of the molecule is CC(C)C[C@@H]1NC(=O)[C@H](Cc2c[nH]cn2)NC(=O)[C@H](Cc2c[nH]c3ccccc23)NC(=O)[C@H](C)NC(=O)[C@@H](NC(=O)[C@@H](N)CC(=O)O)CSSC[C@@H](C(=O)N[C@H](C(=O)NCCOCCOCCOCCOCCOCCOCCOCCOCCNC(=O)CCCC[C@@H]2SC[C@@H]3NC(=O)N[C@@H]32)[C@@H](C)O)NC(=O)[C@H](Cc2c[nH]c3ccccc23)NC(=O)[C@H](C(C)C)NC(=O)[C@H](CC(C)C)NC(=O)[C@H](CCC(=O)O)NC(=O)CNC1=O. The number of nitrogens with two attached hydrogens (primary N) is 1. The molecule has 0 spiro atoms. The largest absolute Gasteiger partial charge is 0.481 e. The second kappa shape index (κ2) is 66.0. The van der Waals surface area contributed by atoms with Crippen LogP contribution in [0, 0.1) is 17.8 Å². The first-order chi connectivity index (χ1) is 71.4. The molecule has 16 atom stereocenters. The number of para-hydroxylation sites is 2. The van der Waals surface area contributed by atoms with Gasteiger partial charge >= 0.3 is 18.0 Å². The highest BCUT2D eigenvalue weighted by molar-refractivity contribution is 8.76. The zero-order valence-corrected chi connectivity index (χ0v) is 87.7. The van der Waals surface area contributed by atoms with E-state index in [1.807, 2.05) is 11.8 Å². The average molecular weight is 2150 g/mol. The summed E-state index contributed by atoms with van der Waals surface area (Å²) < 4.78 is 44.7. The van der Waals surface area contributed by atoms with Crippen LogP contribution in [-0.4, -0.2) is 374 Å². The van der Waals surface area contributed by atoms with Crippen molar-refractivity contribution in [3.05, 3.63) is 90.3 Å². The Morgan fingerprint density at radius 1 is 0.483 bits per heavy atom. The summed E-state index contributed by atoms with van der Waals surface area (Å²) in [6.07, 6.45) is 4.19. The van der Waals surface area contributed by atoms with Crippen molar-refractivity contribution < 1.29 is 135 Å². The summed E-state index contributed by atoms with van der Waals surface area (Å²) in [4.78, 5) is 252. The van der Waals surface area contributed by atoms with E-state index >= 15 is 19.2 Å². The lowest BCUT2D eigenvalue weighted by atomic mass is 9.98. The lowest BCUT2D eigenvalue weighted by Gasteiger charge is -2.29. The van der Waals surface area contributed by atoms with Crippen LogP contribution in [0.2, 0.25) is 0 Å². The third-order valence-electron chi connectivity index (χ3n) is 23.9. The number of benzene rings is 2. The molecule has 5 aromatic rings. The van der Waals surface area contributed by atoms with Gasteiger partial charge in [-0.25, -0.2) is 9.78 Å². The molecule has 0 unspecified atom stereocenters. The van der Waals surface area contributed by atoms with E-state index in [9.17, 15) is 77.6 Å². The van der Waals surface area contributed by atoms with Crippen LogP contribution >= 0.6 is 33.3 Å². The normalized spacial score (nSPS) is 22.3. The molecule has 3 saturated heterocycles. The molecule has 3 fully saturated rings. The summed E-state index contributed by atoms with van der Waals surface area (Å²) in [5, 5.41) is 75.0. The van der Waals surface area contributed by atoms with Crippen LogP contribution in [0.25, 0.3) is 21.8 Å². The van der Waals surface area contributed by atoms with E-state index in [-0.39, 0.29) is 120 Å². The number of aliphatic hydroxyl groups excluding tert-OH is 1. The van der Waals surface area contributed by atoms with Crippen molar-refractivity contribution in [3.63, 3.8) is 0 Å². The van der Waals surface area contributed by atoms with Gasteiger partial charge in [-0.3, -0.25) is 76.7 Å². The van der Waals surface area contributed by atoms with Gasteiger partial charge in [0.05, 0.1) is 155 Å². The van der Waals surface area contributed by atoms with Gasteiger partial charge in [-0.15, -0.1) is 0 Å². The number of carbonyl (C=O) groups excluding carboxylic acids is 15. The monoisotopic (exact) mass is 2150 g/mol. The average Bonchev–Trinajstić information content (AvgIpc) is 1.68. The van der Waals surface area contributed by atoms with E-state index in [1.54, 1.807) is 102 Å². The van der Waals surface area contributed by atoms with E-state index in [0.29, 0.717) is 117 Å². The Labute approximate surface area is 875 Å². The molecular formula is C97H147N21O28S3. The number of hydrogen-bond donors (Lipinski definition) is 23. The van der Waals surface area contributed by atoms with Gasteiger partial charge in [0, 0.05) is 108 Å². The van der Waals surface area contributed by atoms with Crippen LogP contribution in [0.15, 0.2) is 73.4 Å². The van der Waals surface area contributed by atoms with Crippen LogP contribution in [0.4, 0.5) is 4.79 Å². The van der Waals surface area contributed by atoms with Crippen LogP contribution in [0.5, 0.6) is 0 Å². The molecule has 16 amide bonds. The van der Waals surface area contributed by atoms with Crippen LogP contribution in [-0.2, 0) is 134 Å². The number of aromatic amines is 3. The molecule has 24 N–H and O–H groups in total. The topological polar surface area (TPSA) is 703 Å². The molecule has 826 valence electrons. The van der Waals surface area contributed by atoms with Gasteiger partial charge in [-0.05, 0) is 87.0 Å². The van der Waals surface area contributed by atoms with E-state index in [2.05, 4.69) is 105 Å². The van der Waals surface area contributed by atoms with Gasteiger partial charge < -0.3 is 159 Å². The highest BCUT2D eigenvalue weighted by atomic mass is 33.1. The zero-order valence-electron chi connectivity index (χ0n) is 85.2. The second-order valence-corrected chi connectivity index (χ2v) is 41.0. The molecule has 8 rings (SSSR count). The van der Waals surface area contributed by atoms with Crippen LogP contribution in [0.3, 0.4) is 0 Å². The maximum atomic E-state index is 15.5. The van der Waals surface area contributed by atoms with E-state index in [1.165, 1.54) is 26.4 Å². The van der Waals surface area contributed by atoms with Crippen molar-refractivity contribution in [2.75, 3.05) is 143 Å². The van der Waals surface area contributed by atoms with Crippen molar-refractivity contribution >= 4 is 156 Å². The predicted molar refractivity (Wildman–Crippen MR) is 550 cm³/mol. The van der Waals surface area contributed by atoms with E-state index in [4.69, 9.17) is 43.6 Å². The minimum Gasteiger partial charge on any atom is -0.481 e. The minimum atomic E-state index is -1.77. The Hall–Kier alpha value is -11.8. The number of fused-ring (bicyclic) bond motifs is 3. The van der Waals surface area contributed by atoms with Gasteiger partial charge in [0.25, 0.3) is 0 Å². The van der Waals surface area contributed by atoms with Crippen LogP contribution < -0.4 is 90.8 Å². The Balaban J connectivity index is 0.913. The maximum Gasteiger partial charge on any atom is 0.315 e. The minimum absolute atomic E-state index is 0.0128. The van der Waals surface area contributed by atoms with E-state index < -0.39 is 211 Å². The van der Waals surface area contributed by atoms with Crippen molar-refractivity contribution in [3.8, 4) is 0 Å². The van der Waals surface area contributed by atoms with Crippen molar-refractivity contribution in [2.24, 2.45) is 23.5 Å². The third-order valence-corrected chi connectivity index (χ3v) is 27.8. The maximum absolute atomic E-state index is 15.5. The highest BCUT2D eigenvalue weighted by Gasteiger charge is 2.44. The fourth-order valence-electron chi connectivity index (χ4n) is 16.0. The molecular weight excluding hydrogens is 2000 g/mol. The molecule has 3 aliphatic rings. The summed E-state index contributed by atoms with van der Waals surface area (Å²) in [5.41, 5.74) is 8.49. The van der Waals surface area contributed by atoms with Gasteiger partial charge in [-0.1, -0.05) is 106 Å². The molecule has 3 aliphatic heterocycles. The number of ether oxygens (including phenoxy) is 8. The number of unbranched alkanes of at least 4 members (excludes halogenated alkanes) is 1. The fraction of sp³-hybridized carbons (Fsp3) is 0.629. The molecule has 149 heavy (non-hydrogen) atoms. The Morgan fingerprint density at radius 2 is 0.973 bits per heavy atom. The number of aliphatic hydroxyl groups is 1. The molecule has 0 aliphatic carbocycles. The van der Waals surface area contributed by atoms with Crippen molar-refractivity contribution in [1.82, 2.24) is 105 Å². The number of nitrogens with zero attached hydrogens (tertiary/aromatic N) is 1. The fourth-order valence-corrected chi connectivity index (χ4v) is 19.9. The first kappa shape index (κ1) is 122. The summed E-state index contributed by atoms with van der Waals surface area (Å²) in [6, 6.07) is -5.31. The first-order valence-corrected chi connectivity index (χ1v) is 53.6. The number of urea groups is 1. The first-order valence-electron chi connectivity index (χ1n) is 50.1. The van der Waals surface area contributed by atoms with Gasteiger partial charge in [0.15, 0.2) is 0 Å². The molecule has 49 nitrogen and oxygen atoms in total. The Morgan fingerprint density at radius 3 is 1.50 bits per heavy atom. The Kier molecular flexibility index (Phi) is 54.2. The predicted octanol–water partition coefficient (Wildman–Crippen LogP) is -1.85. The molecule has 0 saturated carbocycles. The lowest BCUT2D eigenvalue weighted by molar-refractivity contribution is -0.140. The number of imidazole rings is 1. The number of thioether (sulfide) groups is 1. The zero-order chi connectivity index (χ0) is 108. The summed E-state index contributed by atoms with van der Waals surface area (Å²) in [5.74, 6) is -17.5. The number of H-pyrrole nitrogens is 3. The van der Waals surface area contributed by atoms with Crippen molar-refractivity contribution in [2.45, 2.75) is 228 Å². The van der Waals surface area contributed by atoms with Gasteiger partial charge in [0.2, 0.25) is 82.7 Å². The number of aromatic nitrogens is 4. The van der Waals surface area contributed by atoms with Crippen LogP contribution in [0.1, 0.15) is 130 Å². The number of amides is 16. The van der Waals surface area contributed by atoms with Gasteiger partial charge in [0.1, 0.15) is 66.5 Å². The summed E-state index contributed by atoms with van der Waals surface area (Å²) in [7, 11) is 1.59. The molecule has 6 heterocycles. The molecule has 0 radical (unpaired) electrons. The number of carboxylic acids is 2. The van der Waals surface area contributed by atoms with Gasteiger partial charge in [-0.2, -0.15) is 11.8 Å². The van der Waals surface area contributed by atoms with E-state index in [0.717, 1.165) is 46.6 Å². The second-order valence-electron chi connectivity index (χ2n) is 37.2. The lowest BCUT2D eigenvalue weighted by Crippen LogP contribution is -2.62. The number of aliphatic carboxylic acids is 2. The highest BCUT2D eigenvalue weighted by Crippen LogP contribution is 2.34. The quantitative estimate of drug-likeness (QED) is 0.0115. The molecule has 0 bridgehead atoms. The molecule has 52 heteroatoms. The Bertz CT molecular complexity index is 5140. The van der Waals surface area contributed by atoms with Crippen molar-refractivity contribution in [1.29, 1.82) is 0 Å². The number of hydrogen-bond acceptors (Lipinski definition) is 31. The smallest absolute Gasteiger partial charge is 0.315 e. The molecule has 2 aromatic carbocycles. The third kappa shape index (κ3) is 44.3.